The summed E-state index contributed by atoms with van der Waals surface area (Å²) < 4.78 is 32.4. The number of rotatable bonds is 8. The highest BCUT2D eigenvalue weighted by molar-refractivity contribution is 7.89. The molecule has 0 unspecified atom stereocenters. The molecule has 8 nitrogen and oxygen atoms in total. The average Bonchev–Trinajstić information content (AvgIpc) is 2.77. The Morgan fingerprint density at radius 3 is 2.52 bits per heavy atom. The van der Waals surface area contributed by atoms with Crippen molar-refractivity contribution >= 4 is 21.9 Å². The largest absolute Gasteiger partial charge is 0.452 e. The van der Waals surface area contributed by atoms with Gasteiger partial charge in [0.2, 0.25) is 10.0 Å². The second-order valence-electron chi connectivity index (χ2n) is 8.43. The molecular formula is C22H31N3O5S. The Morgan fingerprint density at radius 2 is 1.94 bits per heavy atom. The van der Waals surface area contributed by atoms with Crippen LogP contribution in [0.4, 0.5) is 0 Å². The van der Waals surface area contributed by atoms with Crippen LogP contribution in [0, 0.1) is 17.2 Å². The van der Waals surface area contributed by atoms with E-state index in [9.17, 15) is 23.3 Å². The van der Waals surface area contributed by atoms with Gasteiger partial charge in [-0.1, -0.05) is 39.2 Å². The molecule has 1 aliphatic carbocycles. The summed E-state index contributed by atoms with van der Waals surface area (Å²) in [6.45, 7) is 4.62. The summed E-state index contributed by atoms with van der Waals surface area (Å²) in [7, 11) is -2.18. The molecule has 0 bridgehead atoms. The van der Waals surface area contributed by atoms with Gasteiger partial charge in [-0.2, -0.15) is 9.57 Å². The van der Waals surface area contributed by atoms with Crippen LogP contribution in [-0.2, 0) is 19.6 Å². The summed E-state index contributed by atoms with van der Waals surface area (Å²) in [4.78, 5) is 24.5. The fourth-order valence-corrected chi connectivity index (χ4v) is 4.89. The zero-order chi connectivity index (χ0) is 23.2. The Kier molecular flexibility index (Phi) is 8.21. The first kappa shape index (κ1) is 24.8. The molecular weight excluding hydrogens is 418 g/mol. The van der Waals surface area contributed by atoms with Gasteiger partial charge < -0.3 is 10.1 Å². The van der Waals surface area contributed by atoms with Crippen LogP contribution >= 0.6 is 0 Å². The first-order valence-corrected chi connectivity index (χ1v) is 11.9. The van der Waals surface area contributed by atoms with Crippen molar-refractivity contribution in [2.24, 2.45) is 5.92 Å². The number of nitrogens with zero attached hydrogens (tertiary/aromatic N) is 2. The third-order valence-electron chi connectivity index (χ3n) is 5.96. The molecule has 31 heavy (non-hydrogen) atoms. The highest BCUT2D eigenvalue weighted by atomic mass is 32.2. The molecule has 0 aliphatic heterocycles. The monoisotopic (exact) mass is 449 g/mol. The molecule has 1 atom stereocenters. The smallest absolute Gasteiger partial charge is 0.338 e. The van der Waals surface area contributed by atoms with Gasteiger partial charge in [0.25, 0.3) is 5.91 Å². The van der Waals surface area contributed by atoms with E-state index in [1.807, 2.05) is 6.07 Å². The number of carbonyl (C=O) groups is 2. The predicted octanol–water partition coefficient (Wildman–Crippen LogP) is 2.85. The molecule has 0 spiro atoms. The molecule has 1 N–H and O–H groups in total. The number of carbonyl (C=O) groups excluding carboxylic acids is 2. The molecule has 170 valence electrons. The maximum absolute atomic E-state index is 13.0. The van der Waals surface area contributed by atoms with Crippen LogP contribution in [0.1, 0.15) is 63.2 Å². The molecule has 1 aliphatic rings. The molecule has 0 aromatic heterocycles. The summed E-state index contributed by atoms with van der Waals surface area (Å²) in [6.07, 6.45) is 4.76. The summed E-state index contributed by atoms with van der Waals surface area (Å²) in [6, 6.07) is 7.62. The molecule has 1 fully saturated rings. The summed E-state index contributed by atoms with van der Waals surface area (Å²) >= 11 is 0. The standard InChI is InChI=1S/C22H31N3O5S/c1-16(2)22(3,15-23)24-20(26)14-30-21(27)17-9-8-12-19(13-17)31(28,29)25(4)18-10-6-5-7-11-18/h8-9,12-13,16,18H,5-7,10-11,14H2,1-4H3,(H,24,26)/t22-/m1/s1. The highest BCUT2D eigenvalue weighted by Crippen LogP contribution is 2.26. The minimum absolute atomic E-state index is 0.0105. The van der Waals surface area contributed by atoms with E-state index >= 15 is 0 Å². The summed E-state index contributed by atoms with van der Waals surface area (Å²) in [5, 5.41) is 11.8. The molecule has 0 saturated heterocycles. The van der Waals surface area contributed by atoms with Gasteiger partial charge in [-0.05, 0) is 43.9 Å². The maximum atomic E-state index is 13.0. The fourth-order valence-electron chi connectivity index (χ4n) is 3.43. The van der Waals surface area contributed by atoms with Gasteiger partial charge in [-0.25, -0.2) is 13.2 Å². The Hall–Kier alpha value is -2.44. The van der Waals surface area contributed by atoms with E-state index < -0.39 is 34.0 Å². The van der Waals surface area contributed by atoms with E-state index in [-0.39, 0.29) is 22.4 Å². The third-order valence-corrected chi connectivity index (χ3v) is 7.86. The number of esters is 1. The minimum atomic E-state index is -3.75. The molecule has 0 heterocycles. The molecule has 1 aromatic carbocycles. The van der Waals surface area contributed by atoms with Crippen molar-refractivity contribution < 1.29 is 22.7 Å². The first-order chi connectivity index (χ1) is 14.5. The zero-order valence-corrected chi connectivity index (χ0v) is 19.4. The third kappa shape index (κ3) is 6.05. The summed E-state index contributed by atoms with van der Waals surface area (Å²) in [5.74, 6) is -1.55. The SMILES string of the molecule is CC(C)[C@@](C)(C#N)NC(=O)COC(=O)c1cccc(S(=O)(=O)N(C)C2CCCCC2)c1. The minimum Gasteiger partial charge on any atom is -0.452 e. The Labute approximate surface area is 184 Å². The Balaban J connectivity index is 2.06. The van der Waals surface area contributed by atoms with Crippen molar-refractivity contribution in [3.8, 4) is 6.07 Å². The fraction of sp³-hybridized carbons (Fsp3) is 0.591. The first-order valence-electron chi connectivity index (χ1n) is 10.5. The van der Waals surface area contributed by atoms with Crippen LogP contribution in [0.15, 0.2) is 29.2 Å². The second kappa shape index (κ2) is 10.2. The second-order valence-corrected chi connectivity index (χ2v) is 10.4. The van der Waals surface area contributed by atoms with Crippen molar-refractivity contribution in [2.45, 2.75) is 69.4 Å². The Morgan fingerprint density at radius 1 is 1.29 bits per heavy atom. The average molecular weight is 450 g/mol. The topological polar surface area (TPSA) is 117 Å². The van der Waals surface area contributed by atoms with E-state index in [1.165, 1.54) is 28.6 Å². The quantitative estimate of drug-likeness (QED) is 0.610. The number of sulfonamides is 1. The Bertz CT molecular complexity index is 948. The van der Waals surface area contributed by atoms with E-state index in [2.05, 4.69) is 5.32 Å². The van der Waals surface area contributed by atoms with Crippen LogP contribution in [0.3, 0.4) is 0 Å². The normalized spacial score (nSPS) is 17.1. The summed E-state index contributed by atoms with van der Waals surface area (Å²) in [5.41, 5.74) is -1.04. The van der Waals surface area contributed by atoms with Gasteiger partial charge in [0.05, 0.1) is 16.5 Å². The zero-order valence-electron chi connectivity index (χ0n) is 18.6. The van der Waals surface area contributed by atoms with Crippen LogP contribution < -0.4 is 5.32 Å². The van der Waals surface area contributed by atoms with Gasteiger partial charge in [0, 0.05) is 13.1 Å². The predicted molar refractivity (Wildman–Crippen MR) is 116 cm³/mol. The number of nitrogens with one attached hydrogen (secondary N) is 1. The van der Waals surface area contributed by atoms with E-state index in [0.29, 0.717) is 0 Å². The number of nitriles is 1. The van der Waals surface area contributed by atoms with Crippen molar-refractivity contribution in [3.63, 3.8) is 0 Å². The molecule has 2 rings (SSSR count). The van der Waals surface area contributed by atoms with Gasteiger partial charge in [0.1, 0.15) is 5.54 Å². The van der Waals surface area contributed by atoms with Crippen LogP contribution in [0.2, 0.25) is 0 Å². The van der Waals surface area contributed by atoms with Crippen molar-refractivity contribution in [2.75, 3.05) is 13.7 Å². The number of hydrogen-bond acceptors (Lipinski definition) is 6. The molecule has 9 heteroatoms. The highest BCUT2D eigenvalue weighted by Gasteiger charge is 2.31. The van der Waals surface area contributed by atoms with Crippen molar-refractivity contribution in [1.82, 2.24) is 9.62 Å². The van der Waals surface area contributed by atoms with E-state index in [1.54, 1.807) is 27.8 Å². The number of amides is 1. The van der Waals surface area contributed by atoms with Crippen molar-refractivity contribution in [1.29, 1.82) is 5.26 Å². The lowest BCUT2D eigenvalue weighted by Gasteiger charge is -2.30. The lowest BCUT2D eigenvalue weighted by atomic mass is 9.90. The van der Waals surface area contributed by atoms with Gasteiger partial charge in [-0.3, -0.25) is 4.79 Å². The van der Waals surface area contributed by atoms with Crippen LogP contribution in [0.5, 0.6) is 0 Å². The van der Waals surface area contributed by atoms with Crippen molar-refractivity contribution in [3.05, 3.63) is 29.8 Å². The number of ether oxygens (including phenoxy) is 1. The van der Waals surface area contributed by atoms with Crippen LogP contribution in [0.25, 0.3) is 0 Å². The lowest BCUT2D eigenvalue weighted by molar-refractivity contribution is -0.125. The number of benzene rings is 1. The van der Waals surface area contributed by atoms with Crippen LogP contribution in [-0.4, -0.2) is 49.8 Å². The van der Waals surface area contributed by atoms with E-state index in [0.717, 1.165) is 32.1 Å². The molecule has 1 aromatic rings. The number of hydrogen-bond donors (Lipinski definition) is 1. The van der Waals surface area contributed by atoms with Gasteiger partial charge in [0.15, 0.2) is 6.61 Å². The maximum Gasteiger partial charge on any atom is 0.338 e. The molecule has 1 amide bonds. The molecule has 1 saturated carbocycles. The lowest BCUT2D eigenvalue weighted by Crippen LogP contribution is -2.50. The molecule has 0 radical (unpaired) electrons. The van der Waals surface area contributed by atoms with Gasteiger partial charge >= 0.3 is 5.97 Å². The van der Waals surface area contributed by atoms with E-state index in [4.69, 9.17) is 4.74 Å². The van der Waals surface area contributed by atoms with Gasteiger partial charge in [-0.15, -0.1) is 0 Å².